The number of aryl methyl sites for hydroxylation is 1. The molecule has 1 N–H and O–H groups in total. The van der Waals surface area contributed by atoms with Crippen LogP contribution in [-0.2, 0) is 27.8 Å². The number of ether oxygens (including phenoxy) is 1. The van der Waals surface area contributed by atoms with E-state index in [1.807, 2.05) is 24.3 Å². The van der Waals surface area contributed by atoms with E-state index in [2.05, 4.69) is 21.4 Å². The number of nitrogens with zero attached hydrogens (tertiary/aromatic N) is 5. The number of hydrogen-bond donors (Lipinski definition) is 1. The van der Waals surface area contributed by atoms with Crippen molar-refractivity contribution in [2.45, 2.75) is 37.1 Å². The molecule has 0 amide bonds. The highest BCUT2D eigenvalue weighted by Gasteiger charge is 2.48. The molecule has 11 heteroatoms. The first-order valence-corrected chi connectivity index (χ1v) is 11.0. The van der Waals surface area contributed by atoms with E-state index >= 15 is 0 Å². The second kappa shape index (κ2) is 9.29. The normalized spacial score (nSPS) is 21.8. The summed E-state index contributed by atoms with van der Waals surface area (Å²) in [4.78, 5) is 34.9. The van der Waals surface area contributed by atoms with E-state index in [0.29, 0.717) is 32.5 Å². The van der Waals surface area contributed by atoms with Crippen LogP contribution in [0.5, 0.6) is 0 Å². The number of nitrogens with one attached hydrogen (secondary N) is 1. The van der Waals surface area contributed by atoms with Gasteiger partial charge in [0.2, 0.25) is 11.1 Å². The fraction of sp³-hybridized carbons (Fsp3) is 0.455. The molecule has 1 aromatic heterocycles. The highest BCUT2D eigenvalue weighted by molar-refractivity contribution is 6.28. The number of fused-ring (bicyclic) bond motifs is 1. The van der Waals surface area contributed by atoms with Crippen molar-refractivity contribution in [3.05, 3.63) is 56.5 Å². The van der Waals surface area contributed by atoms with E-state index in [1.54, 1.807) is 4.90 Å². The van der Waals surface area contributed by atoms with Gasteiger partial charge in [0.15, 0.2) is 0 Å². The summed E-state index contributed by atoms with van der Waals surface area (Å²) in [5, 5.41) is 24.4. The Bertz CT molecular complexity index is 1140. The monoisotopic (exact) mass is 470 g/mol. The van der Waals surface area contributed by atoms with Crippen molar-refractivity contribution in [2.24, 2.45) is 0 Å². The molecule has 1 aliphatic heterocycles. The summed E-state index contributed by atoms with van der Waals surface area (Å²) >= 11 is 6.23. The van der Waals surface area contributed by atoms with Crippen molar-refractivity contribution < 1.29 is 14.5 Å². The molecule has 2 aliphatic rings. The summed E-state index contributed by atoms with van der Waals surface area (Å²) in [6, 6.07) is 9.51. The van der Waals surface area contributed by atoms with Crippen molar-refractivity contribution in [1.82, 2.24) is 15.3 Å². The van der Waals surface area contributed by atoms with Crippen LogP contribution < -0.4 is 10.2 Å². The number of rotatable bonds is 6. The lowest BCUT2D eigenvalue weighted by Gasteiger charge is -2.33. The largest absolute Gasteiger partial charge is 0.468 e. The van der Waals surface area contributed by atoms with E-state index in [9.17, 15) is 14.9 Å². The number of nitriles is 1. The molecule has 0 saturated carbocycles. The fourth-order valence-electron chi connectivity index (χ4n) is 4.89. The summed E-state index contributed by atoms with van der Waals surface area (Å²) in [5.74, 6) is -0.361. The Morgan fingerprint density at radius 3 is 2.97 bits per heavy atom. The van der Waals surface area contributed by atoms with Crippen molar-refractivity contribution in [3.8, 4) is 6.07 Å². The summed E-state index contributed by atoms with van der Waals surface area (Å²) in [6.07, 6.45) is 1.33. The van der Waals surface area contributed by atoms with Gasteiger partial charge in [0.1, 0.15) is 5.69 Å². The zero-order valence-electron chi connectivity index (χ0n) is 18.1. The van der Waals surface area contributed by atoms with E-state index in [1.165, 1.54) is 7.11 Å². The van der Waals surface area contributed by atoms with Gasteiger partial charge >= 0.3 is 11.7 Å². The fourth-order valence-corrected chi connectivity index (χ4v) is 5.07. The van der Waals surface area contributed by atoms with Gasteiger partial charge in [-0.15, -0.1) is 0 Å². The molecule has 1 fully saturated rings. The molecule has 1 aromatic carbocycles. The van der Waals surface area contributed by atoms with Crippen molar-refractivity contribution >= 4 is 29.1 Å². The van der Waals surface area contributed by atoms with Gasteiger partial charge in [-0.05, 0) is 35.6 Å². The maximum atomic E-state index is 13.1. The standard InChI is InChI=1S/C22H23ClN6O4/c1-33-20(30)22(8-6-14-4-2-3-5-16(14)22)12-17-18(29(31)32)19(27-21(23)26-17)28-11-10-25-15(13-28)7-9-24/h2-5,15,25H,6-8,10-13H2,1H3/t15-,22?/m0/s1. The number of anilines is 1. The molecule has 0 spiro atoms. The second-order valence-corrected chi connectivity index (χ2v) is 8.57. The Morgan fingerprint density at radius 1 is 1.45 bits per heavy atom. The van der Waals surface area contributed by atoms with Gasteiger partial charge in [-0.1, -0.05) is 24.3 Å². The smallest absolute Gasteiger partial charge is 0.332 e. The molecule has 1 unspecified atom stereocenters. The number of aromatic nitrogens is 2. The maximum Gasteiger partial charge on any atom is 0.332 e. The van der Waals surface area contributed by atoms with Crippen LogP contribution in [0.15, 0.2) is 24.3 Å². The quantitative estimate of drug-likeness (QED) is 0.292. The number of nitro groups is 1. The molecule has 2 atom stereocenters. The number of halogens is 1. The third-order valence-electron chi connectivity index (χ3n) is 6.39. The van der Waals surface area contributed by atoms with Gasteiger partial charge in [-0.25, -0.2) is 4.98 Å². The van der Waals surface area contributed by atoms with Crippen LogP contribution in [0.3, 0.4) is 0 Å². The molecule has 1 saturated heterocycles. The summed E-state index contributed by atoms with van der Waals surface area (Å²) in [7, 11) is 1.31. The predicted molar refractivity (Wildman–Crippen MR) is 120 cm³/mol. The van der Waals surface area contributed by atoms with E-state index in [-0.39, 0.29) is 41.4 Å². The maximum absolute atomic E-state index is 13.1. The average molecular weight is 471 g/mol. The lowest BCUT2D eigenvalue weighted by molar-refractivity contribution is -0.385. The first kappa shape index (κ1) is 22.9. The number of esters is 1. The number of carbonyl (C=O) groups is 1. The molecule has 1 aliphatic carbocycles. The molecule has 172 valence electrons. The third kappa shape index (κ3) is 4.21. The SMILES string of the molecule is COC(=O)C1(Cc2nc(Cl)nc(N3CCN[C@@H](CC#N)C3)c2[N+](=O)[O-])CCc2ccccc21. The zero-order chi connectivity index (χ0) is 23.6. The van der Waals surface area contributed by atoms with E-state index < -0.39 is 16.3 Å². The summed E-state index contributed by atoms with van der Waals surface area (Å²) in [6.45, 7) is 1.37. The molecule has 0 bridgehead atoms. The van der Waals surface area contributed by atoms with Crippen LogP contribution >= 0.6 is 11.6 Å². The zero-order valence-corrected chi connectivity index (χ0v) is 18.8. The van der Waals surface area contributed by atoms with Crippen molar-refractivity contribution in [2.75, 3.05) is 31.6 Å². The Labute approximate surface area is 195 Å². The highest BCUT2D eigenvalue weighted by Crippen LogP contribution is 2.44. The Kier molecular flexibility index (Phi) is 6.44. The molecule has 33 heavy (non-hydrogen) atoms. The lowest BCUT2D eigenvalue weighted by Crippen LogP contribution is -2.51. The van der Waals surface area contributed by atoms with Crippen molar-refractivity contribution in [1.29, 1.82) is 5.26 Å². The van der Waals surface area contributed by atoms with Crippen LogP contribution in [-0.4, -0.2) is 53.6 Å². The van der Waals surface area contributed by atoms with Crippen LogP contribution in [0.2, 0.25) is 5.28 Å². The Hall–Kier alpha value is -3.29. The molecule has 10 nitrogen and oxygen atoms in total. The van der Waals surface area contributed by atoms with Gasteiger partial charge in [-0.3, -0.25) is 14.9 Å². The molecular formula is C22H23ClN6O4. The van der Waals surface area contributed by atoms with Crippen molar-refractivity contribution in [3.63, 3.8) is 0 Å². The minimum Gasteiger partial charge on any atom is -0.468 e. The van der Waals surface area contributed by atoms with Crippen LogP contribution in [0.25, 0.3) is 0 Å². The van der Waals surface area contributed by atoms with Crippen LogP contribution in [0, 0.1) is 21.4 Å². The van der Waals surface area contributed by atoms with E-state index in [0.717, 1.165) is 11.1 Å². The molecular weight excluding hydrogens is 448 g/mol. The Morgan fingerprint density at radius 2 is 2.24 bits per heavy atom. The second-order valence-electron chi connectivity index (χ2n) is 8.24. The minimum atomic E-state index is -1.10. The Balaban J connectivity index is 1.80. The predicted octanol–water partition coefficient (Wildman–Crippen LogP) is 2.33. The minimum absolute atomic E-state index is 0.0318. The summed E-state index contributed by atoms with van der Waals surface area (Å²) < 4.78 is 5.15. The van der Waals surface area contributed by atoms with Gasteiger partial charge in [0.05, 0.1) is 29.9 Å². The van der Waals surface area contributed by atoms with Crippen LogP contribution in [0.1, 0.15) is 29.7 Å². The average Bonchev–Trinajstić information content (AvgIpc) is 3.18. The number of benzene rings is 1. The molecule has 2 aromatic rings. The number of carbonyl (C=O) groups excluding carboxylic acids is 1. The molecule has 2 heterocycles. The topological polar surface area (TPSA) is 134 Å². The van der Waals surface area contributed by atoms with Gasteiger partial charge in [-0.2, -0.15) is 10.2 Å². The summed E-state index contributed by atoms with van der Waals surface area (Å²) in [5.41, 5.74) is 0.515. The molecule has 0 radical (unpaired) electrons. The number of methoxy groups -OCH3 is 1. The van der Waals surface area contributed by atoms with Gasteiger partial charge in [0.25, 0.3) is 0 Å². The van der Waals surface area contributed by atoms with E-state index in [4.69, 9.17) is 21.6 Å². The lowest BCUT2D eigenvalue weighted by atomic mass is 9.77. The van der Waals surface area contributed by atoms with Gasteiger partial charge < -0.3 is 15.0 Å². The first-order chi connectivity index (χ1) is 15.9. The third-order valence-corrected chi connectivity index (χ3v) is 6.55. The van der Waals surface area contributed by atoms with Crippen LogP contribution in [0.4, 0.5) is 11.5 Å². The first-order valence-electron chi connectivity index (χ1n) is 10.6. The number of piperazine rings is 1. The highest BCUT2D eigenvalue weighted by atomic mass is 35.5. The molecule has 4 rings (SSSR count). The number of hydrogen-bond acceptors (Lipinski definition) is 9. The van der Waals surface area contributed by atoms with Gasteiger partial charge in [0, 0.05) is 32.1 Å².